The second kappa shape index (κ2) is 9.92. The van der Waals surface area contributed by atoms with Gasteiger partial charge in [0.25, 0.3) is 0 Å². The Hall–Kier alpha value is -2.63. The lowest BCUT2D eigenvalue weighted by molar-refractivity contribution is 0.0956. The molecule has 0 unspecified atom stereocenters. The molecule has 2 aromatic carbocycles. The number of hydrogen-bond donors (Lipinski definition) is 1. The van der Waals surface area contributed by atoms with Gasteiger partial charge in [-0.1, -0.05) is 55.0 Å². The van der Waals surface area contributed by atoms with Crippen LogP contribution in [-0.2, 0) is 13.6 Å². The summed E-state index contributed by atoms with van der Waals surface area (Å²) in [6.07, 6.45) is 0.597. The van der Waals surface area contributed by atoms with Gasteiger partial charge in [-0.3, -0.25) is 4.90 Å². The van der Waals surface area contributed by atoms with Gasteiger partial charge in [0.1, 0.15) is 11.4 Å². The molecule has 0 saturated carbocycles. The summed E-state index contributed by atoms with van der Waals surface area (Å²) >= 11 is 0. The van der Waals surface area contributed by atoms with Gasteiger partial charge in [0, 0.05) is 31.7 Å². The Labute approximate surface area is 179 Å². The van der Waals surface area contributed by atoms with E-state index in [0.29, 0.717) is 19.1 Å². The third-order valence-corrected chi connectivity index (χ3v) is 5.44. The second-order valence-corrected chi connectivity index (χ2v) is 8.07. The molecule has 0 spiro atoms. The molecule has 0 bridgehead atoms. The Kier molecular flexibility index (Phi) is 7.29. The molecule has 5 nitrogen and oxygen atoms in total. The van der Waals surface area contributed by atoms with Crippen molar-refractivity contribution in [1.29, 1.82) is 0 Å². The summed E-state index contributed by atoms with van der Waals surface area (Å²) < 4.78 is 8.14. The lowest BCUT2D eigenvalue weighted by Gasteiger charge is -2.29. The number of aliphatic hydroxyl groups excluding tert-OH is 1. The van der Waals surface area contributed by atoms with Crippen LogP contribution in [0.3, 0.4) is 0 Å². The SMILES string of the molecule is CC[C@H](C)N(Cc1c(-c2ccccc2)nn(C)c1Oc1ccc(C)cc1)C[C@@H](C)O. The van der Waals surface area contributed by atoms with Crippen molar-refractivity contribution in [3.8, 4) is 22.9 Å². The highest BCUT2D eigenvalue weighted by Crippen LogP contribution is 2.34. The molecule has 1 aromatic heterocycles. The van der Waals surface area contributed by atoms with Crippen LogP contribution < -0.4 is 4.74 Å². The molecule has 0 aliphatic heterocycles. The molecule has 0 fully saturated rings. The molecule has 30 heavy (non-hydrogen) atoms. The van der Waals surface area contributed by atoms with E-state index in [1.807, 2.05) is 61.1 Å². The summed E-state index contributed by atoms with van der Waals surface area (Å²) in [6, 6.07) is 18.6. The van der Waals surface area contributed by atoms with E-state index in [1.54, 1.807) is 0 Å². The molecule has 160 valence electrons. The Morgan fingerprint density at radius 3 is 2.33 bits per heavy atom. The van der Waals surface area contributed by atoms with Crippen LogP contribution >= 0.6 is 0 Å². The largest absolute Gasteiger partial charge is 0.439 e. The van der Waals surface area contributed by atoms with E-state index in [1.165, 1.54) is 5.56 Å². The summed E-state index contributed by atoms with van der Waals surface area (Å²) in [5, 5.41) is 14.9. The third-order valence-electron chi connectivity index (χ3n) is 5.44. The van der Waals surface area contributed by atoms with Crippen LogP contribution in [0.15, 0.2) is 54.6 Å². The lowest BCUT2D eigenvalue weighted by atomic mass is 10.1. The fraction of sp³-hybridized carbons (Fsp3) is 0.400. The number of aryl methyl sites for hydroxylation is 2. The molecular formula is C25H33N3O2. The topological polar surface area (TPSA) is 50.5 Å². The fourth-order valence-electron chi connectivity index (χ4n) is 3.57. The zero-order valence-electron chi connectivity index (χ0n) is 18.7. The maximum Gasteiger partial charge on any atom is 0.222 e. The third kappa shape index (κ3) is 5.29. The summed E-state index contributed by atoms with van der Waals surface area (Å²) in [5.74, 6) is 1.52. The van der Waals surface area contributed by atoms with Crippen LogP contribution in [0.1, 0.15) is 38.3 Å². The minimum absolute atomic E-state index is 0.329. The second-order valence-electron chi connectivity index (χ2n) is 8.07. The van der Waals surface area contributed by atoms with Gasteiger partial charge in [0.05, 0.1) is 11.7 Å². The molecule has 0 amide bonds. The summed E-state index contributed by atoms with van der Waals surface area (Å²) in [4.78, 5) is 2.30. The van der Waals surface area contributed by atoms with Gasteiger partial charge >= 0.3 is 0 Å². The predicted octanol–water partition coefficient (Wildman–Crippen LogP) is 5.17. The Bertz CT molecular complexity index is 933. The monoisotopic (exact) mass is 407 g/mol. The first-order valence-electron chi connectivity index (χ1n) is 10.7. The van der Waals surface area contributed by atoms with E-state index in [4.69, 9.17) is 9.84 Å². The maximum atomic E-state index is 10.1. The molecule has 3 rings (SSSR count). The van der Waals surface area contributed by atoms with Crippen molar-refractivity contribution in [2.24, 2.45) is 7.05 Å². The van der Waals surface area contributed by atoms with E-state index in [9.17, 15) is 5.11 Å². The van der Waals surface area contributed by atoms with Crippen LogP contribution in [0, 0.1) is 6.92 Å². The van der Waals surface area contributed by atoms with E-state index < -0.39 is 6.10 Å². The first kappa shape index (κ1) is 22.1. The van der Waals surface area contributed by atoms with Crippen LogP contribution in [0.5, 0.6) is 11.6 Å². The average Bonchev–Trinajstić information content (AvgIpc) is 3.04. The molecule has 2 atom stereocenters. The zero-order valence-corrected chi connectivity index (χ0v) is 18.7. The Balaban J connectivity index is 2.05. The van der Waals surface area contributed by atoms with Gasteiger partial charge in [-0.15, -0.1) is 0 Å². The fourth-order valence-corrected chi connectivity index (χ4v) is 3.57. The molecular weight excluding hydrogens is 374 g/mol. The van der Waals surface area contributed by atoms with Gasteiger partial charge in [0.2, 0.25) is 5.88 Å². The smallest absolute Gasteiger partial charge is 0.222 e. The number of benzene rings is 2. The number of ether oxygens (including phenoxy) is 1. The van der Waals surface area contributed by atoms with Crippen LogP contribution in [0.4, 0.5) is 0 Å². The minimum atomic E-state index is -0.405. The first-order chi connectivity index (χ1) is 14.4. The molecule has 0 aliphatic carbocycles. The predicted molar refractivity (Wildman–Crippen MR) is 122 cm³/mol. The van der Waals surface area contributed by atoms with Gasteiger partial charge in [-0.2, -0.15) is 5.10 Å². The average molecular weight is 408 g/mol. The Morgan fingerprint density at radius 1 is 1.07 bits per heavy atom. The van der Waals surface area contributed by atoms with E-state index in [2.05, 4.69) is 37.8 Å². The highest BCUT2D eigenvalue weighted by atomic mass is 16.5. The number of hydrogen-bond acceptors (Lipinski definition) is 4. The van der Waals surface area contributed by atoms with Crippen LogP contribution in [0.2, 0.25) is 0 Å². The Morgan fingerprint density at radius 2 is 1.73 bits per heavy atom. The van der Waals surface area contributed by atoms with Crippen molar-refractivity contribution in [3.05, 3.63) is 65.7 Å². The number of aliphatic hydroxyl groups is 1. The van der Waals surface area contributed by atoms with Gasteiger partial charge in [0.15, 0.2) is 0 Å². The van der Waals surface area contributed by atoms with Crippen LogP contribution in [0.25, 0.3) is 11.3 Å². The van der Waals surface area contributed by atoms with Crippen molar-refractivity contribution >= 4 is 0 Å². The van der Waals surface area contributed by atoms with E-state index in [0.717, 1.165) is 34.9 Å². The van der Waals surface area contributed by atoms with E-state index in [-0.39, 0.29) is 0 Å². The van der Waals surface area contributed by atoms with Gasteiger partial charge < -0.3 is 9.84 Å². The summed E-state index contributed by atoms with van der Waals surface area (Å²) in [6.45, 7) is 9.51. The lowest BCUT2D eigenvalue weighted by Crippen LogP contribution is -2.37. The van der Waals surface area contributed by atoms with E-state index >= 15 is 0 Å². The minimum Gasteiger partial charge on any atom is -0.439 e. The quantitative estimate of drug-likeness (QED) is 0.532. The molecule has 1 N–H and O–H groups in total. The normalized spacial score (nSPS) is 13.4. The van der Waals surface area contributed by atoms with Crippen LogP contribution in [-0.4, -0.2) is 38.5 Å². The number of aromatic nitrogens is 2. The summed E-state index contributed by atoms with van der Waals surface area (Å²) in [5.41, 5.74) is 4.20. The number of rotatable bonds is 9. The highest BCUT2D eigenvalue weighted by Gasteiger charge is 2.24. The van der Waals surface area contributed by atoms with Crippen molar-refractivity contribution in [1.82, 2.24) is 14.7 Å². The van der Waals surface area contributed by atoms with Gasteiger partial charge in [-0.25, -0.2) is 4.68 Å². The maximum absolute atomic E-state index is 10.1. The first-order valence-corrected chi connectivity index (χ1v) is 10.7. The van der Waals surface area contributed by atoms with Crippen molar-refractivity contribution < 1.29 is 9.84 Å². The van der Waals surface area contributed by atoms with Crippen molar-refractivity contribution in [2.75, 3.05) is 6.54 Å². The highest BCUT2D eigenvalue weighted by molar-refractivity contribution is 5.65. The molecule has 0 aliphatic rings. The molecule has 0 saturated heterocycles. The van der Waals surface area contributed by atoms with Crippen molar-refractivity contribution in [2.45, 2.75) is 52.8 Å². The molecule has 3 aromatic rings. The molecule has 5 heteroatoms. The van der Waals surface area contributed by atoms with Crippen molar-refractivity contribution in [3.63, 3.8) is 0 Å². The standard InChI is InChI=1S/C25H33N3O2/c1-6-19(3)28(16-20(4)29)17-23-24(21-10-8-7-9-11-21)26-27(5)25(23)30-22-14-12-18(2)13-15-22/h7-15,19-20,29H,6,16-17H2,1-5H3/t19-,20+/m0/s1. The summed E-state index contributed by atoms with van der Waals surface area (Å²) in [7, 11) is 1.92. The molecule has 1 heterocycles. The zero-order chi connectivity index (χ0) is 21.7. The molecule has 0 radical (unpaired) electrons. The number of nitrogens with zero attached hydrogens (tertiary/aromatic N) is 3. The van der Waals surface area contributed by atoms with Gasteiger partial charge in [-0.05, 0) is 39.3 Å².